The maximum absolute atomic E-state index is 11.4. The number of aromatic amines is 2. The minimum Gasteiger partial charge on any atom is -0.476 e. The van der Waals surface area contributed by atoms with Crippen molar-refractivity contribution in [2.45, 2.75) is 13.8 Å². The monoisotopic (exact) mass is 1130 g/mol. The first-order chi connectivity index (χ1) is 35.0. The first-order valence-corrected chi connectivity index (χ1v) is 21.8. The number of nitrogens with one attached hydrogen (secondary N) is 2. The summed E-state index contributed by atoms with van der Waals surface area (Å²) in [7, 11) is 0. The molecule has 0 bridgehead atoms. The number of anilines is 1. The summed E-state index contributed by atoms with van der Waals surface area (Å²) in [6.45, 7) is 4.71. The fourth-order valence-electron chi connectivity index (χ4n) is 5.43. The number of hydrogen-bond donors (Lipinski definition) is 3. The van der Waals surface area contributed by atoms with Gasteiger partial charge in [0.15, 0.2) is 5.15 Å². The van der Waals surface area contributed by atoms with Crippen LogP contribution < -0.4 is 26.3 Å². The molecule has 9 aromatic rings. The molecule has 0 atom stereocenters. The zero-order valence-corrected chi connectivity index (χ0v) is 40.5. The summed E-state index contributed by atoms with van der Waals surface area (Å²) >= 11 is 7.53. The number of H-pyrrole nitrogens is 2. The van der Waals surface area contributed by atoms with E-state index in [1.54, 1.807) is 88.7 Å². The van der Waals surface area contributed by atoms with Gasteiger partial charge in [-0.15, -0.1) is 0 Å². The van der Waals surface area contributed by atoms with Gasteiger partial charge in [-0.3, -0.25) is 50.0 Å². The van der Waals surface area contributed by atoms with E-state index in [9.17, 15) is 50.0 Å². The Kier molecular flexibility index (Phi) is 19.5. The van der Waals surface area contributed by atoms with Crippen LogP contribution in [0.3, 0.4) is 0 Å². The maximum atomic E-state index is 11.4. The van der Waals surface area contributed by atoms with E-state index >= 15 is 0 Å². The Morgan fingerprint density at radius 2 is 0.945 bits per heavy atom. The van der Waals surface area contributed by atoms with Gasteiger partial charge in [0.25, 0.3) is 33.9 Å². The van der Waals surface area contributed by atoms with Crippen molar-refractivity contribution in [2.75, 3.05) is 18.9 Å². The minimum atomic E-state index is -0.580. The fourth-order valence-corrected chi connectivity index (χ4v) is 6.09. The van der Waals surface area contributed by atoms with E-state index in [2.05, 4.69) is 45.3 Å². The van der Waals surface area contributed by atoms with Gasteiger partial charge in [0, 0.05) is 73.8 Å². The molecule has 0 saturated heterocycles. The summed E-state index contributed by atoms with van der Waals surface area (Å²) < 4.78 is 16.8. The number of halogens is 2. The van der Waals surface area contributed by atoms with Gasteiger partial charge in [-0.2, -0.15) is 20.4 Å². The number of nitrogens with zero attached hydrogens (tertiary/aromatic N) is 15. The Morgan fingerprint density at radius 1 is 0.562 bits per heavy atom. The van der Waals surface area contributed by atoms with Crippen LogP contribution in [0.15, 0.2) is 145 Å². The number of nitrogens with two attached hydrogens (primary N) is 1. The molecule has 0 spiro atoms. The van der Waals surface area contributed by atoms with Crippen LogP contribution >= 0.6 is 34.2 Å². The largest absolute Gasteiger partial charge is 0.476 e. The van der Waals surface area contributed by atoms with Crippen LogP contribution in [0, 0.1) is 44.0 Å². The Balaban J connectivity index is 0.000000170. The normalized spacial score (nSPS) is 10.1. The second-order valence-electron chi connectivity index (χ2n) is 13.4. The molecular formula is C41H36ClIN18O12. The Hall–Kier alpha value is -9.79. The van der Waals surface area contributed by atoms with Crippen molar-refractivity contribution in [1.82, 2.24) is 64.0 Å². The van der Waals surface area contributed by atoms with E-state index in [4.69, 9.17) is 26.8 Å². The molecule has 0 fully saturated rings. The van der Waals surface area contributed by atoms with E-state index in [-0.39, 0.29) is 39.1 Å². The molecule has 9 aromatic heterocycles. The first kappa shape index (κ1) is 54.2. The van der Waals surface area contributed by atoms with E-state index in [0.29, 0.717) is 45.6 Å². The third kappa shape index (κ3) is 15.4. The fraction of sp³-hybridized carbons (Fsp3) is 0.0976. The van der Waals surface area contributed by atoms with E-state index < -0.39 is 25.3 Å². The lowest BCUT2D eigenvalue weighted by Crippen LogP contribution is -2.14. The van der Waals surface area contributed by atoms with Gasteiger partial charge in [0.1, 0.15) is 35.1 Å². The molecule has 376 valence electrons. The second kappa shape index (κ2) is 26.3. The van der Waals surface area contributed by atoms with Gasteiger partial charge in [-0.1, -0.05) is 11.6 Å². The Labute approximate surface area is 426 Å². The van der Waals surface area contributed by atoms with Crippen molar-refractivity contribution >= 4 is 62.6 Å². The highest BCUT2D eigenvalue weighted by Gasteiger charge is 2.16. The molecule has 0 aliphatic heterocycles. The smallest absolute Gasteiger partial charge is 0.290 e. The van der Waals surface area contributed by atoms with Gasteiger partial charge in [-0.05, 0) is 66.8 Å². The lowest BCUT2D eigenvalue weighted by Gasteiger charge is -2.09. The second-order valence-corrected chi connectivity index (χ2v) is 14.9. The van der Waals surface area contributed by atoms with Gasteiger partial charge >= 0.3 is 0 Å². The van der Waals surface area contributed by atoms with E-state index in [0.717, 1.165) is 30.5 Å². The minimum absolute atomic E-state index is 0.0982. The molecule has 30 nitrogen and oxygen atoms in total. The first-order valence-electron chi connectivity index (χ1n) is 20.4. The number of rotatable bonds is 12. The number of nitro groups is 4. The van der Waals surface area contributed by atoms with Crippen molar-refractivity contribution < 1.29 is 29.2 Å². The highest BCUT2D eigenvalue weighted by molar-refractivity contribution is 14.1. The number of ether oxygens (including phenoxy) is 2. The van der Waals surface area contributed by atoms with Crippen LogP contribution in [0.25, 0.3) is 22.7 Å². The molecule has 0 aliphatic rings. The van der Waals surface area contributed by atoms with Crippen molar-refractivity contribution in [2.24, 2.45) is 0 Å². The predicted molar refractivity (Wildman–Crippen MR) is 266 cm³/mol. The SMILES string of the molecule is CCOc1ncc(N)cc1-n1cccn1.CCOc1ncc([N+](=O)[O-])cc1-n1cccn1.O=[N+]([O-])c1cnc(Cl)c(-n2cccn2)c1.O=c1[nH]cc([N+](=O)[O-])cc1-n1cccn1.O=c1[nH]cc([N+](=O)[O-])cc1I. The molecule has 0 saturated carbocycles. The summed E-state index contributed by atoms with van der Waals surface area (Å²) in [6, 6.07) is 13.7. The number of pyridine rings is 5. The summed E-state index contributed by atoms with van der Waals surface area (Å²) in [5.41, 5.74) is 6.73. The topological polar surface area (TPSA) is 393 Å². The van der Waals surface area contributed by atoms with Gasteiger partial charge in [0.05, 0.1) is 60.8 Å². The van der Waals surface area contributed by atoms with Crippen molar-refractivity contribution in [1.29, 1.82) is 0 Å². The van der Waals surface area contributed by atoms with Gasteiger partial charge in [-0.25, -0.2) is 33.7 Å². The predicted octanol–water partition coefficient (Wildman–Crippen LogP) is 6.01. The van der Waals surface area contributed by atoms with Crippen LogP contribution in [-0.2, 0) is 0 Å². The number of nitrogen functional groups attached to an aromatic ring is 1. The van der Waals surface area contributed by atoms with E-state index in [1.165, 1.54) is 50.7 Å². The van der Waals surface area contributed by atoms with Crippen molar-refractivity contribution in [3.05, 3.63) is 205 Å². The molecule has 0 amide bonds. The summed E-state index contributed by atoms with van der Waals surface area (Å²) in [5.74, 6) is 0.859. The van der Waals surface area contributed by atoms with Crippen molar-refractivity contribution in [3.8, 4) is 34.5 Å². The molecule has 0 unspecified atom stereocenters. The molecule has 0 radical (unpaired) electrons. The molecule has 32 heteroatoms. The molecule has 73 heavy (non-hydrogen) atoms. The Morgan fingerprint density at radius 3 is 1.38 bits per heavy atom. The lowest BCUT2D eigenvalue weighted by molar-refractivity contribution is -0.385. The van der Waals surface area contributed by atoms with Gasteiger partial charge < -0.3 is 25.2 Å². The summed E-state index contributed by atoms with van der Waals surface area (Å²) in [5, 5.41) is 57.9. The number of aromatic nitrogens is 13. The van der Waals surface area contributed by atoms with Crippen LogP contribution in [0.2, 0.25) is 5.15 Å². The zero-order chi connectivity index (χ0) is 53.0. The lowest BCUT2D eigenvalue weighted by atomic mass is 10.3. The summed E-state index contributed by atoms with van der Waals surface area (Å²) in [4.78, 5) is 78.0. The van der Waals surface area contributed by atoms with Crippen LogP contribution in [-0.4, -0.2) is 96.9 Å². The maximum Gasteiger partial charge on any atom is 0.290 e. The molecule has 0 aliphatic carbocycles. The molecule has 9 rings (SSSR count). The number of hydrogen-bond acceptors (Lipinski definition) is 20. The van der Waals surface area contributed by atoms with Crippen molar-refractivity contribution in [3.63, 3.8) is 0 Å². The van der Waals surface area contributed by atoms with Gasteiger partial charge in [0.2, 0.25) is 11.8 Å². The average Bonchev–Trinajstić information content (AvgIpc) is 4.24. The van der Waals surface area contributed by atoms with Crippen LogP contribution in [0.5, 0.6) is 11.8 Å². The third-order valence-electron chi connectivity index (χ3n) is 8.60. The summed E-state index contributed by atoms with van der Waals surface area (Å²) in [6.07, 6.45) is 18.9. The zero-order valence-electron chi connectivity index (χ0n) is 37.6. The Bertz CT molecular complexity index is 3390. The van der Waals surface area contributed by atoms with E-state index in [1.807, 2.05) is 26.1 Å². The molecule has 0 aromatic carbocycles. The molecular weight excluding hydrogens is 1100 g/mol. The highest BCUT2D eigenvalue weighted by atomic mass is 127. The van der Waals surface area contributed by atoms with Crippen LogP contribution in [0.4, 0.5) is 28.4 Å². The van der Waals surface area contributed by atoms with Crippen LogP contribution in [0.1, 0.15) is 13.8 Å². The average molecular weight is 1140 g/mol. The highest BCUT2D eigenvalue weighted by Crippen LogP contribution is 2.25. The third-order valence-corrected chi connectivity index (χ3v) is 9.69. The molecule has 4 N–H and O–H groups in total. The quantitative estimate of drug-likeness (QED) is 0.0545. The molecule has 9 heterocycles. The standard InChI is InChI=1S/C10H10N4O3.C10H12N4O.C8H5ClN4O2.C8H6N4O3.C5H3IN2O3/c1-2-17-10-9(13-5-3-4-12-13)6-8(7-11-10)14(15)16;1-2-15-10-9(6-8(11)7-12-10)14-5-3-4-13-14;9-8-7(12-3-1-2-11-12)4-6(5-10-8)13(14)15;13-8-7(11-3-1-2-10-11)4-6(5-9-8)12(14)15;6-4-1-3(8(10)11)2-7-5(4)9/h3-7H,2H2,1H3;3-7H,2,11H2,1H3;1-5H;1-5H,(H,9,13);1-2H,(H,7,9).